The highest BCUT2D eigenvalue weighted by molar-refractivity contribution is 7.89. The average Bonchev–Trinajstić information content (AvgIpc) is 2.81. The molecule has 0 aliphatic carbocycles. The van der Waals surface area contributed by atoms with Gasteiger partial charge in [-0.3, -0.25) is 4.79 Å². The van der Waals surface area contributed by atoms with Gasteiger partial charge in [0.25, 0.3) is 5.91 Å². The van der Waals surface area contributed by atoms with Gasteiger partial charge in [0.2, 0.25) is 10.0 Å². The van der Waals surface area contributed by atoms with Crippen molar-refractivity contribution in [2.75, 3.05) is 20.7 Å². The zero-order chi connectivity index (χ0) is 22.7. The maximum absolute atomic E-state index is 14.0. The Morgan fingerprint density at radius 2 is 1.59 bits per heavy atom. The van der Waals surface area contributed by atoms with Crippen LogP contribution in [0.15, 0.2) is 83.8 Å². The Morgan fingerprint density at radius 3 is 2.34 bits per heavy atom. The number of amides is 1. The highest BCUT2D eigenvalue weighted by atomic mass is 32.2. The number of benzene rings is 3. The molecule has 3 aromatic carbocycles. The predicted molar refractivity (Wildman–Crippen MR) is 123 cm³/mol. The molecular weight excluding hydrogens is 424 g/mol. The molecule has 0 fully saturated rings. The molecule has 1 unspecified atom stereocenters. The molecule has 1 amide bonds. The molecule has 0 radical (unpaired) electrons. The SMILES string of the molecule is COc1ccccc1S(=O)(=O)N1Cc2ccccc2C(=O)N(C)CC1Cc1ccccc1. The van der Waals surface area contributed by atoms with Crippen LogP contribution in [0.3, 0.4) is 0 Å². The van der Waals surface area contributed by atoms with E-state index in [2.05, 4.69) is 0 Å². The summed E-state index contributed by atoms with van der Waals surface area (Å²) in [6.45, 7) is 0.379. The Bertz CT molecular complexity index is 1210. The number of sulfonamides is 1. The number of hydrogen-bond donors (Lipinski definition) is 0. The van der Waals surface area contributed by atoms with Gasteiger partial charge >= 0.3 is 0 Å². The first kappa shape index (κ1) is 22.0. The van der Waals surface area contributed by atoms with Crippen molar-refractivity contribution in [3.8, 4) is 5.75 Å². The molecule has 6 nitrogen and oxygen atoms in total. The van der Waals surface area contributed by atoms with E-state index in [0.29, 0.717) is 23.3 Å². The van der Waals surface area contributed by atoms with E-state index in [4.69, 9.17) is 4.74 Å². The zero-order valence-corrected chi connectivity index (χ0v) is 19.0. The number of hydrogen-bond acceptors (Lipinski definition) is 4. The van der Waals surface area contributed by atoms with Crippen molar-refractivity contribution in [3.63, 3.8) is 0 Å². The lowest BCUT2D eigenvalue weighted by molar-refractivity contribution is 0.0746. The second-order valence-electron chi connectivity index (χ2n) is 7.89. The molecule has 0 saturated carbocycles. The van der Waals surface area contributed by atoms with Crippen LogP contribution in [-0.4, -0.2) is 50.3 Å². The van der Waals surface area contributed by atoms with Crippen molar-refractivity contribution < 1.29 is 17.9 Å². The van der Waals surface area contributed by atoms with Gasteiger partial charge in [-0.25, -0.2) is 8.42 Å². The zero-order valence-electron chi connectivity index (χ0n) is 18.1. The number of fused-ring (bicyclic) bond motifs is 1. The second kappa shape index (κ2) is 9.14. The van der Waals surface area contributed by atoms with E-state index in [9.17, 15) is 13.2 Å². The topological polar surface area (TPSA) is 66.9 Å². The largest absolute Gasteiger partial charge is 0.495 e. The number of nitrogens with zero attached hydrogens (tertiary/aromatic N) is 2. The van der Waals surface area contributed by atoms with Crippen LogP contribution in [0.5, 0.6) is 5.75 Å². The molecule has 3 aromatic rings. The van der Waals surface area contributed by atoms with Gasteiger partial charge in [-0.2, -0.15) is 4.31 Å². The van der Waals surface area contributed by atoms with Crippen molar-refractivity contribution >= 4 is 15.9 Å². The Morgan fingerprint density at radius 1 is 0.938 bits per heavy atom. The number of para-hydroxylation sites is 1. The van der Waals surface area contributed by atoms with Gasteiger partial charge < -0.3 is 9.64 Å². The monoisotopic (exact) mass is 450 g/mol. The Labute approximate surface area is 189 Å². The summed E-state index contributed by atoms with van der Waals surface area (Å²) < 4.78 is 34.8. The van der Waals surface area contributed by atoms with Crippen molar-refractivity contribution in [2.45, 2.75) is 23.9 Å². The van der Waals surface area contributed by atoms with E-state index < -0.39 is 16.1 Å². The van der Waals surface area contributed by atoms with Gasteiger partial charge in [-0.1, -0.05) is 60.7 Å². The normalized spacial score (nSPS) is 17.4. The molecule has 7 heteroatoms. The fourth-order valence-corrected chi connectivity index (χ4v) is 5.90. The molecule has 1 atom stereocenters. The maximum Gasteiger partial charge on any atom is 0.253 e. The van der Waals surface area contributed by atoms with Crippen LogP contribution >= 0.6 is 0 Å². The number of carbonyl (C=O) groups is 1. The smallest absolute Gasteiger partial charge is 0.253 e. The number of ether oxygens (including phenoxy) is 1. The van der Waals surface area contributed by atoms with Gasteiger partial charge in [0, 0.05) is 31.7 Å². The van der Waals surface area contributed by atoms with E-state index in [1.54, 1.807) is 48.3 Å². The Hall–Kier alpha value is -3.16. The fraction of sp³-hybridized carbons (Fsp3) is 0.240. The number of likely N-dealkylation sites (N-methyl/N-ethyl adjacent to an activating group) is 1. The van der Waals surface area contributed by atoms with Crippen LogP contribution in [0.4, 0.5) is 0 Å². The summed E-state index contributed by atoms with van der Waals surface area (Å²) in [5.74, 6) is 0.193. The number of rotatable bonds is 5. The molecule has 0 spiro atoms. The van der Waals surface area contributed by atoms with E-state index in [1.807, 2.05) is 42.5 Å². The summed E-state index contributed by atoms with van der Waals surface area (Å²) in [6.07, 6.45) is 0.481. The standard InChI is InChI=1S/C25H26N2O4S/c1-26-18-21(16-19-10-4-3-5-11-19)27(17-20-12-6-7-13-22(20)25(26)28)32(29,30)24-15-9-8-14-23(24)31-2/h3-15,21H,16-18H2,1-2H3. The summed E-state index contributed by atoms with van der Waals surface area (Å²) in [7, 11) is -0.745. The quantitative estimate of drug-likeness (QED) is 0.596. The van der Waals surface area contributed by atoms with Gasteiger partial charge in [0.05, 0.1) is 7.11 Å². The second-order valence-corrected chi connectivity index (χ2v) is 9.75. The van der Waals surface area contributed by atoms with Gasteiger partial charge in [-0.05, 0) is 35.7 Å². The highest BCUT2D eigenvalue weighted by Gasteiger charge is 2.37. The van der Waals surface area contributed by atoms with Crippen molar-refractivity contribution in [1.29, 1.82) is 0 Å². The molecule has 1 aliphatic heterocycles. The average molecular weight is 451 g/mol. The van der Waals surface area contributed by atoms with Crippen LogP contribution in [0.1, 0.15) is 21.5 Å². The first-order valence-corrected chi connectivity index (χ1v) is 11.9. The highest BCUT2D eigenvalue weighted by Crippen LogP contribution is 2.31. The van der Waals surface area contributed by atoms with Gasteiger partial charge in [0.1, 0.15) is 10.6 Å². The minimum atomic E-state index is -3.93. The van der Waals surface area contributed by atoms with Gasteiger partial charge in [-0.15, -0.1) is 0 Å². The summed E-state index contributed by atoms with van der Waals surface area (Å²) >= 11 is 0. The summed E-state index contributed by atoms with van der Waals surface area (Å²) in [5, 5.41) is 0. The van der Waals surface area contributed by atoms with Crippen LogP contribution in [0.25, 0.3) is 0 Å². The van der Waals surface area contributed by atoms with Gasteiger partial charge in [0.15, 0.2) is 0 Å². The first-order chi connectivity index (χ1) is 15.4. The third-order valence-electron chi connectivity index (χ3n) is 5.78. The van der Waals surface area contributed by atoms with E-state index >= 15 is 0 Å². The molecule has 4 rings (SSSR count). The molecule has 0 aromatic heterocycles. The minimum absolute atomic E-state index is 0.104. The molecule has 1 aliphatic rings. The third kappa shape index (κ3) is 4.26. The third-order valence-corrected chi connectivity index (χ3v) is 7.72. The Kier molecular flexibility index (Phi) is 6.30. The summed E-state index contributed by atoms with van der Waals surface area (Å²) in [5.41, 5.74) is 2.21. The van der Waals surface area contributed by atoms with Crippen molar-refractivity contribution in [2.24, 2.45) is 0 Å². The van der Waals surface area contributed by atoms with Crippen LogP contribution in [0.2, 0.25) is 0 Å². The predicted octanol–water partition coefficient (Wildman–Crippen LogP) is 3.58. The van der Waals surface area contributed by atoms with Crippen LogP contribution < -0.4 is 4.74 Å². The van der Waals surface area contributed by atoms with Crippen molar-refractivity contribution in [1.82, 2.24) is 9.21 Å². The summed E-state index contributed by atoms with van der Waals surface area (Å²) in [4.78, 5) is 14.8. The maximum atomic E-state index is 14.0. The summed E-state index contributed by atoms with van der Waals surface area (Å²) in [6, 6.07) is 23.1. The molecule has 0 saturated heterocycles. The van der Waals surface area contributed by atoms with Crippen LogP contribution in [-0.2, 0) is 23.0 Å². The lowest BCUT2D eigenvalue weighted by Crippen LogP contribution is -2.50. The minimum Gasteiger partial charge on any atom is -0.495 e. The van der Waals surface area contributed by atoms with Crippen LogP contribution in [0, 0.1) is 0 Å². The van der Waals surface area contributed by atoms with E-state index in [0.717, 1.165) is 5.56 Å². The molecule has 1 heterocycles. The fourth-order valence-electron chi connectivity index (χ4n) is 4.15. The van der Waals surface area contributed by atoms with E-state index in [1.165, 1.54) is 11.4 Å². The number of carbonyl (C=O) groups excluding carboxylic acids is 1. The Balaban J connectivity index is 1.85. The number of methoxy groups -OCH3 is 1. The molecular formula is C25H26N2O4S. The molecule has 0 bridgehead atoms. The first-order valence-electron chi connectivity index (χ1n) is 10.4. The molecule has 32 heavy (non-hydrogen) atoms. The molecule has 0 N–H and O–H groups in total. The lowest BCUT2D eigenvalue weighted by Gasteiger charge is -2.36. The molecule has 166 valence electrons. The van der Waals surface area contributed by atoms with E-state index in [-0.39, 0.29) is 23.9 Å². The lowest BCUT2D eigenvalue weighted by atomic mass is 10.0. The van der Waals surface area contributed by atoms with Crippen molar-refractivity contribution in [3.05, 3.63) is 95.6 Å².